The molecule has 0 spiro atoms. The molecule has 1 atom stereocenters. The number of benzene rings is 2. The van der Waals surface area contributed by atoms with E-state index >= 15 is 0 Å². The van der Waals surface area contributed by atoms with Crippen LogP contribution in [-0.4, -0.2) is 45.5 Å². The van der Waals surface area contributed by atoms with Gasteiger partial charge in [-0.3, -0.25) is 9.59 Å². The summed E-state index contributed by atoms with van der Waals surface area (Å²) in [4.78, 5) is 26.0. The molecular formula is C23H24ClN5O3. The number of carbonyl (C=O) groups excluding carboxylic acids is 2. The quantitative estimate of drug-likeness (QED) is 0.554. The van der Waals surface area contributed by atoms with Crippen LogP contribution in [0.3, 0.4) is 0 Å². The lowest BCUT2D eigenvalue weighted by atomic mass is 10.1. The van der Waals surface area contributed by atoms with E-state index in [1.807, 2.05) is 30.3 Å². The number of ether oxygens (including phenoxy) is 1. The lowest BCUT2D eigenvalue weighted by molar-refractivity contribution is -0.130. The molecule has 3 aromatic rings. The first-order valence-corrected chi connectivity index (χ1v) is 10.9. The first-order valence-electron chi connectivity index (χ1n) is 10.3. The van der Waals surface area contributed by atoms with Gasteiger partial charge in [-0.25, -0.2) is 4.68 Å². The van der Waals surface area contributed by atoms with E-state index in [1.165, 1.54) is 0 Å². The van der Waals surface area contributed by atoms with Gasteiger partial charge in [0.1, 0.15) is 34.5 Å². The third-order valence-corrected chi connectivity index (χ3v) is 5.74. The summed E-state index contributed by atoms with van der Waals surface area (Å²) in [6.07, 6.45) is 1.57. The maximum absolute atomic E-state index is 12.2. The van der Waals surface area contributed by atoms with Crippen molar-refractivity contribution in [3.63, 3.8) is 0 Å². The molecule has 166 valence electrons. The number of nitrogens with two attached hydrogens (primary N) is 2. The smallest absolute Gasteiger partial charge is 0.254 e. The summed E-state index contributed by atoms with van der Waals surface area (Å²) < 4.78 is 7.43. The molecule has 1 aliphatic heterocycles. The second-order valence-electron chi connectivity index (χ2n) is 7.63. The van der Waals surface area contributed by atoms with E-state index in [0.717, 1.165) is 18.6 Å². The number of carbonyl (C=O) groups is 2. The van der Waals surface area contributed by atoms with Gasteiger partial charge in [0.25, 0.3) is 5.91 Å². The number of hydrogen-bond donors (Lipinski definition) is 2. The molecule has 1 aliphatic rings. The number of anilines is 1. The molecule has 2 amide bonds. The highest BCUT2D eigenvalue weighted by Crippen LogP contribution is 2.33. The standard InChI is InChI=1S/C23H24ClN5O3/c24-13-19(30)28-12-4-5-16(14-28)29-22(25)20(23(26)31)21(27-29)15-8-10-18(11-9-15)32-17-6-2-1-3-7-17/h1-3,6-11,16H,4-5,12-14,25H2,(H2,26,31). The third kappa shape index (κ3) is 4.40. The maximum atomic E-state index is 12.2. The Hall–Kier alpha value is -3.52. The fourth-order valence-corrected chi connectivity index (χ4v) is 4.11. The molecule has 2 heterocycles. The van der Waals surface area contributed by atoms with Crippen molar-refractivity contribution in [2.45, 2.75) is 18.9 Å². The number of nitrogen functional groups attached to an aromatic ring is 1. The summed E-state index contributed by atoms with van der Waals surface area (Å²) in [5.41, 5.74) is 13.2. The second kappa shape index (κ2) is 9.32. The first kappa shape index (κ1) is 21.7. The average molecular weight is 454 g/mol. The van der Waals surface area contributed by atoms with Crippen molar-refractivity contribution in [2.24, 2.45) is 5.73 Å². The highest BCUT2D eigenvalue weighted by molar-refractivity contribution is 6.27. The Bertz CT molecular complexity index is 1110. The van der Waals surface area contributed by atoms with Gasteiger partial charge in [-0.15, -0.1) is 11.6 Å². The van der Waals surface area contributed by atoms with Gasteiger partial charge in [-0.2, -0.15) is 5.10 Å². The minimum atomic E-state index is -0.655. The van der Waals surface area contributed by atoms with Crippen LogP contribution in [0.5, 0.6) is 11.5 Å². The van der Waals surface area contributed by atoms with E-state index in [4.69, 9.17) is 27.8 Å². The van der Waals surface area contributed by atoms with Gasteiger partial charge >= 0.3 is 0 Å². The molecule has 1 saturated heterocycles. The molecule has 4 N–H and O–H groups in total. The van der Waals surface area contributed by atoms with Crippen molar-refractivity contribution in [1.29, 1.82) is 0 Å². The van der Waals surface area contributed by atoms with Crippen LogP contribution in [0.25, 0.3) is 11.3 Å². The van der Waals surface area contributed by atoms with Gasteiger partial charge in [0.05, 0.1) is 6.04 Å². The minimum Gasteiger partial charge on any atom is -0.457 e. The molecular weight excluding hydrogens is 430 g/mol. The van der Waals surface area contributed by atoms with Gasteiger partial charge in [0.15, 0.2) is 0 Å². The Morgan fingerprint density at radius 3 is 2.44 bits per heavy atom. The zero-order valence-electron chi connectivity index (χ0n) is 17.4. The summed E-state index contributed by atoms with van der Waals surface area (Å²) >= 11 is 5.72. The SMILES string of the molecule is NC(=O)c1c(-c2ccc(Oc3ccccc3)cc2)nn(C2CCCN(C(=O)CCl)C2)c1N. The fraction of sp³-hybridized carbons (Fsp3) is 0.261. The van der Waals surface area contributed by atoms with Crippen LogP contribution in [0, 0.1) is 0 Å². The molecule has 4 rings (SSSR count). The molecule has 8 nitrogen and oxygen atoms in total. The molecule has 0 saturated carbocycles. The molecule has 1 unspecified atom stereocenters. The van der Waals surface area contributed by atoms with Crippen LogP contribution in [-0.2, 0) is 4.79 Å². The van der Waals surface area contributed by atoms with E-state index in [0.29, 0.717) is 30.1 Å². The monoisotopic (exact) mass is 453 g/mol. The molecule has 9 heteroatoms. The number of piperidine rings is 1. The summed E-state index contributed by atoms with van der Waals surface area (Å²) in [5, 5.41) is 4.64. The molecule has 32 heavy (non-hydrogen) atoms. The van der Waals surface area contributed by atoms with Crippen LogP contribution in [0.2, 0.25) is 0 Å². The number of hydrogen-bond acceptors (Lipinski definition) is 5. The lowest BCUT2D eigenvalue weighted by Crippen LogP contribution is -2.41. The van der Waals surface area contributed by atoms with Gasteiger partial charge in [-0.1, -0.05) is 18.2 Å². The summed E-state index contributed by atoms with van der Waals surface area (Å²) in [6.45, 7) is 1.07. The Kier molecular flexibility index (Phi) is 6.32. The summed E-state index contributed by atoms with van der Waals surface area (Å²) in [7, 11) is 0. The summed E-state index contributed by atoms with van der Waals surface area (Å²) in [5.74, 6) is 0.707. The zero-order valence-corrected chi connectivity index (χ0v) is 18.2. The van der Waals surface area contributed by atoms with Crippen LogP contribution < -0.4 is 16.2 Å². The number of rotatable bonds is 6. The number of primary amides is 1. The summed E-state index contributed by atoms with van der Waals surface area (Å²) in [6, 6.07) is 16.5. The topological polar surface area (TPSA) is 116 Å². The molecule has 1 aromatic heterocycles. The predicted molar refractivity (Wildman–Crippen MR) is 123 cm³/mol. The van der Waals surface area contributed by atoms with Gasteiger partial charge < -0.3 is 21.1 Å². The van der Waals surface area contributed by atoms with Gasteiger partial charge in [0, 0.05) is 18.7 Å². The van der Waals surface area contributed by atoms with Crippen molar-refractivity contribution in [2.75, 3.05) is 24.7 Å². The number of likely N-dealkylation sites (tertiary alicyclic amines) is 1. The first-order chi connectivity index (χ1) is 15.5. The van der Waals surface area contributed by atoms with Gasteiger partial charge in [-0.05, 0) is 49.2 Å². The number of halogens is 1. The van der Waals surface area contributed by atoms with E-state index in [-0.39, 0.29) is 29.2 Å². The number of alkyl halides is 1. The van der Waals surface area contributed by atoms with Crippen molar-refractivity contribution >= 4 is 29.2 Å². The van der Waals surface area contributed by atoms with E-state index in [2.05, 4.69) is 5.10 Å². The molecule has 0 aliphatic carbocycles. The third-order valence-electron chi connectivity index (χ3n) is 5.51. The number of nitrogens with zero attached hydrogens (tertiary/aromatic N) is 3. The maximum Gasteiger partial charge on any atom is 0.254 e. The van der Waals surface area contributed by atoms with Crippen molar-refractivity contribution < 1.29 is 14.3 Å². The number of aromatic nitrogens is 2. The molecule has 0 radical (unpaired) electrons. The van der Waals surface area contributed by atoms with Crippen LogP contribution in [0.15, 0.2) is 54.6 Å². The minimum absolute atomic E-state index is 0.0729. The van der Waals surface area contributed by atoms with Crippen molar-refractivity contribution in [3.05, 3.63) is 60.2 Å². The normalized spacial score (nSPS) is 16.0. The van der Waals surface area contributed by atoms with Crippen molar-refractivity contribution in [1.82, 2.24) is 14.7 Å². The number of para-hydroxylation sites is 1. The van der Waals surface area contributed by atoms with Crippen molar-refractivity contribution in [3.8, 4) is 22.8 Å². The van der Waals surface area contributed by atoms with Crippen LogP contribution in [0.1, 0.15) is 29.2 Å². The Balaban J connectivity index is 1.63. The highest BCUT2D eigenvalue weighted by Gasteiger charge is 2.29. The Labute approximate surface area is 190 Å². The number of amides is 2. The lowest BCUT2D eigenvalue weighted by Gasteiger charge is -2.32. The van der Waals surface area contributed by atoms with E-state index < -0.39 is 5.91 Å². The van der Waals surface area contributed by atoms with Crippen LogP contribution >= 0.6 is 11.6 Å². The Morgan fingerprint density at radius 2 is 1.78 bits per heavy atom. The molecule has 0 bridgehead atoms. The average Bonchev–Trinajstić information content (AvgIpc) is 3.17. The molecule has 2 aromatic carbocycles. The van der Waals surface area contributed by atoms with Crippen LogP contribution in [0.4, 0.5) is 5.82 Å². The largest absolute Gasteiger partial charge is 0.457 e. The fourth-order valence-electron chi connectivity index (χ4n) is 3.94. The zero-order chi connectivity index (χ0) is 22.7. The second-order valence-corrected chi connectivity index (χ2v) is 7.89. The van der Waals surface area contributed by atoms with Gasteiger partial charge in [0.2, 0.25) is 5.91 Å². The molecule has 1 fully saturated rings. The highest BCUT2D eigenvalue weighted by atomic mass is 35.5. The predicted octanol–water partition coefficient (Wildman–Crippen LogP) is 3.43. The van der Waals surface area contributed by atoms with E-state index in [1.54, 1.807) is 33.8 Å². The van der Waals surface area contributed by atoms with E-state index in [9.17, 15) is 9.59 Å². The Morgan fingerprint density at radius 1 is 1.09 bits per heavy atom.